The van der Waals surface area contributed by atoms with Gasteiger partial charge in [-0.2, -0.15) is 11.8 Å². The van der Waals surface area contributed by atoms with Gasteiger partial charge in [0.15, 0.2) is 0 Å². The molecule has 1 aliphatic heterocycles. The Balaban J connectivity index is 2.04. The average Bonchev–Trinajstić information content (AvgIpc) is 2.91. The lowest BCUT2D eigenvalue weighted by molar-refractivity contribution is -0.133. The highest BCUT2D eigenvalue weighted by Gasteiger charge is 2.27. The Morgan fingerprint density at radius 3 is 2.76 bits per heavy atom. The van der Waals surface area contributed by atoms with Crippen LogP contribution in [0.15, 0.2) is 30.3 Å². The number of nitrogens with zero attached hydrogens (tertiary/aromatic N) is 1. The number of likely N-dealkylation sites (N-methyl/N-ethyl adjacent to an activating group) is 1. The molecular weight excluding hydrogens is 232 g/mol. The number of hydrogen-bond donors (Lipinski definition) is 1. The van der Waals surface area contributed by atoms with Crippen molar-refractivity contribution < 1.29 is 4.79 Å². The molecule has 0 aliphatic carbocycles. The summed E-state index contributed by atoms with van der Waals surface area (Å²) in [6.07, 6.45) is 1.08. The average molecular weight is 250 g/mol. The Hall–Kier alpha value is -1.00. The van der Waals surface area contributed by atoms with Crippen LogP contribution in [0.5, 0.6) is 0 Å². The maximum absolute atomic E-state index is 12.2. The third kappa shape index (κ3) is 2.82. The Kier molecular flexibility index (Phi) is 4.07. The molecule has 0 bridgehead atoms. The summed E-state index contributed by atoms with van der Waals surface area (Å²) in [5.74, 6) is 2.19. The molecule has 1 amide bonds. The van der Waals surface area contributed by atoms with Gasteiger partial charge in [0, 0.05) is 18.8 Å². The zero-order chi connectivity index (χ0) is 12.3. The van der Waals surface area contributed by atoms with Crippen LogP contribution in [0.2, 0.25) is 0 Å². The molecule has 0 aromatic heterocycles. The van der Waals surface area contributed by atoms with Gasteiger partial charge in [0.1, 0.15) is 6.04 Å². The van der Waals surface area contributed by atoms with Crippen LogP contribution in [0, 0.1) is 0 Å². The molecule has 0 spiro atoms. The van der Waals surface area contributed by atoms with Gasteiger partial charge in [-0.3, -0.25) is 4.79 Å². The first-order valence-corrected chi connectivity index (χ1v) is 7.00. The standard InChI is InChI=1S/C13H18N2OS/c1-15(11-7-8-17-9-11)13(16)12(14)10-5-3-2-4-6-10/h2-6,11-12H,7-9,14H2,1H3/t11-,12+/m1/s1. The number of thioether (sulfide) groups is 1. The molecule has 2 N–H and O–H groups in total. The van der Waals surface area contributed by atoms with Crippen molar-refractivity contribution in [2.75, 3.05) is 18.6 Å². The fourth-order valence-corrected chi connectivity index (χ4v) is 3.30. The van der Waals surface area contributed by atoms with E-state index < -0.39 is 6.04 Å². The van der Waals surface area contributed by atoms with E-state index in [0.717, 1.165) is 23.5 Å². The Morgan fingerprint density at radius 1 is 1.47 bits per heavy atom. The van der Waals surface area contributed by atoms with Crippen molar-refractivity contribution in [1.29, 1.82) is 0 Å². The maximum Gasteiger partial charge on any atom is 0.244 e. The summed E-state index contributed by atoms with van der Waals surface area (Å²) in [5, 5.41) is 0. The minimum absolute atomic E-state index is 0.0173. The maximum atomic E-state index is 12.2. The number of amides is 1. The van der Waals surface area contributed by atoms with Gasteiger partial charge in [0.25, 0.3) is 0 Å². The zero-order valence-electron chi connectivity index (χ0n) is 10.0. The minimum atomic E-state index is -0.535. The van der Waals surface area contributed by atoms with E-state index in [-0.39, 0.29) is 5.91 Å². The van der Waals surface area contributed by atoms with E-state index in [2.05, 4.69) is 0 Å². The van der Waals surface area contributed by atoms with E-state index >= 15 is 0 Å². The Labute approximate surface area is 106 Å². The van der Waals surface area contributed by atoms with Crippen molar-refractivity contribution in [1.82, 2.24) is 4.90 Å². The van der Waals surface area contributed by atoms with E-state index in [1.165, 1.54) is 0 Å². The summed E-state index contributed by atoms with van der Waals surface area (Å²) in [5.41, 5.74) is 6.89. The molecule has 1 heterocycles. The van der Waals surface area contributed by atoms with E-state index in [4.69, 9.17) is 5.73 Å². The second-order valence-electron chi connectivity index (χ2n) is 4.35. The van der Waals surface area contributed by atoms with E-state index in [1.54, 1.807) is 0 Å². The van der Waals surface area contributed by atoms with E-state index in [9.17, 15) is 4.79 Å². The van der Waals surface area contributed by atoms with Crippen molar-refractivity contribution in [2.24, 2.45) is 5.73 Å². The number of benzene rings is 1. The summed E-state index contributed by atoms with van der Waals surface area (Å²) in [6, 6.07) is 9.37. The molecule has 3 nitrogen and oxygen atoms in total. The quantitative estimate of drug-likeness (QED) is 0.887. The van der Waals surface area contributed by atoms with Gasteiger partial charge in [0.2, 0.25) is 5.91 Å². The number of nitrogens with two attached hydrogens (primary N) is 1. The molecule has 1 saturated heterocycles. The molecule has 1 aromatic rings. The molecule has 2 atom stereocenters. The largest absolute Gasteiger partial charge is 0.340 e. The first-order chi connectivity index (χ1) is 8.20. The van der Waals surface area contributed by atoms with E-state index in [1.807, 2.05) is 54.0 Å². The second-order valence-corrected chi connectivity index (χ2v) is 5.50. The Bertz CT molecular complexity index is 376. The highest BCUT2D eigenvalue weighted by atomic mass is 32.2. The first-order valence-electron chi connectivity index (χ1n) is 5.85. The molecule has 1 fully saturated rings. The number of carbonyl (C=O) groups is 1. The van der Waals surface area contributed by atoms with Crippen LogP contribution in [-0.2, 0) is 4.79 Å². The number of hydrogen-bond acceptors (Lipinski definition) is 3. The van der Waals surface area contributed by atoms with Crippen LogP contribution < -0.4 is 5.73 Å². The molecule has 0 saturated carbocycles. The summed E-state index contributed by atoms with van der Waals surface area (Å²) < 4.78 is 0. The summed E-state index contributed by atoms with van der Waals surface area (Å²) in [6.45, 7) is 0. The predicted octanol–water partition coefficient (Wildman–Crippen LogP) is 1.65. The predicted molar refractivity (Wildman–Crippen MR) is 71.9 cm³/mol. The lowest BCUT2D eigenvalue weighted by Crippen LogP contribution is -2.42. The minimum Gasteiger partial charge on any atom is -0.340 e. The van der Waals surface area contributed by atoms with Gasteiger partial charge in [-0.05, 0) is 17.7 Å². The molecule has 0 radical (unpaired) electrons. The molecule has 2 rings (SSSR count). The highest BCUT2D eigenvalue weighted by molar-refractivity contribution is 7.99. The molecule has 1 aromatic carbocycles. The molecule has 0 unspecified atom stereocenters. The molecule has 17 heavy (non-hydrogen) atoms. The number of rotatable bonds is 3. The van der Waals surface area contributed by atoms with Gasteiger partial charge < -0.3 is 10.6 Å². The van der Waals surface area contributed by atoms with Crippen molar-refractivity contribution in [3.63, 3.8) is 0 Å². The first kappa shape index (κ1) is 12.5. The SMILES string of the molecule is CN(C(=O)[C@@H](N)c1ccccc1)[C@@H]1CCSC1. The second kappa shape index (κ2) is 5.56. The van der Waals surface area contributed by atoms with Crippen molar-refractivity contribution in [2.45, 2.75) is 18.5 Å². The van der Waals surface area contributed by atoms with Crippen LogP contribution in [-0.4, -0.2) is 35.4 Å². The van der Waals surface area contributed by atoms with Gasteiger partial charge >= 0.3 is 0 Å². The van der Waals surface area contributed by atoms with Crippen molar-refractivity contribution >= 4 is 17.7 Å². The summed E-state index contributed by atoms with van der Waals surface area (Å²) in [4.78, 5) is 14.0. The van der Waals surface area contributed by atoms with Gasteiger partial charge in [-0.15, -0.1) is 0 Å². The fraction of sp³-hybridized carbons (Fsp3) is 0.462. The third-order valence-electron chi connectivity index (χ3n) is 3.23. The zero-order valence-corrected chi connectivity index (χ0v) is 10.8. The highest BCUT2D eigenvalue weighted by Crippen LogP contribution is 2.23. The van der Waals surface area contributed by atoms with E-state index in [0.29, 0.717) is 6.04 Å². The van der Waals surface area contributed by atoms with Crippen molar-refractivity contribution in [3.05, 3.63) is 35.9 Å². The normalized spacial score (nSPS) is 21.2. The summed E-state index contributed by atoms with van der Waals surface area (Å²) >= 11 is 1.90. The van der Waals surface area contributed by atoms with Crippen LogP contribution in [0.1, 0.15) is 18.0 Å². The smallest absolute Gasteiger partial charge is 0.244 e. The topological polar surface area (TPSA) is 46.3 Å². The third-order valence-corrected chi connectivity index (χ3v) is 4.37. The van der Waals surface area contributed by atoms with Crippen LogP contribution in [0.25, 0.3) is 0 Å². The monoisotopic (exact) mass is 250 g/mol. The van der Waals surface area contributed by atoms with Gasteiger partial charge in [0.05, 0.1) is 0 Å². The van der Waals surface area contributed by atoms with Crippen molar-refractivity contribution in [3.8, 4) is 0 Å². The van der Waals surface area contributed by atoms with Gasteiger partial charge in [-0.1, -0.05) is 30.3 Å². The lowest BCUT2D eigenvalue weighted by Gasteiger charge is -2.26. The molecule has 1 aliphatic rings. The lowest BCUT2D eigenvalue weighted by atomic mass is 10.1. The summed E-state index contributed by atoms with van der Waals surface area (Å²) in [7, 11) is 1.86. The van der Waals surface area contributed by atoms with Crippen LogP contribution in [0.3, 0.4) is 0 Å². The molecule has 4 heteroatoms. The van der Waals surface area contributed by atoms with Crippen LogP contribution >= 0.6 is 11.8 Å². The number of carbonyl (C=O) groups excluding carboxylic acids is 1. The Morgan fingerprint density at radius 2 is 2.18 bits per heavy atom. The molecular formula is C13H18N2OS. The molecule has 92 valence electrons. The van der Waals surface area contributed by atoms with Crippen LogP contribution in [0.4, 0.5) is 0 Å². The fourth-order valence-electron chi connectivity index (χ4n) is 2.03. The van der Waals surface area contributed by atoms with Gasteiger partial charge in [-0.25, -0.2) is 0 Å².